The van der Waals surface area contributed by atoms with Crippen LogP contribution in [-0.4, -0.2) is 23.9 Å². The minimum absolute atomic E-state index is 0.114. The van der Waals surface area contributed by atoms with Crippen LogP contribution in [0, 0.1) is 6.92 Å². The summed E-state index contributed by atoms with van der Waals surface area (Å²) < 4.78 is 5.56. The number of amides is 1. The monoisotopic (exact) mass is 297 g/mol. The normalized spacial score (nSPS) is 16.1. The molecule has 1 unspecified atom stereocenters. The van der Waals surface area contributed by atoms with Crippen LogP contribution in [-0.2, 0) is 4.79 Å². The molecule has 92 valence electrons. The molecule has 0 saturated heterocycles. The van der Waals surface area contributed by atoms with Crippen molar-refractivity contribution in [3.05, 3.63) is 23.8 Å². The van der Waals surface area contributed by atoms with Crippen molar-refractivity contribution in [2.45, 2.75) is 25.1 Å². The van der Waals surface area contributed by atoms with Gasteiger partial charge in [0.25, 0.3) is 0 Å². The number of aryl methyl sites for hydroxylation is 1. The first-order valence-electron chi connectivity index (χ1n) is 5.82. The molecule has 1 amide bonds. The van der Waals surface area contributed by atoms with Crippen molar-refractivity contribution < 1.29 is 9.53 Å². The molecule has 0 radical (unpaired) electrons. The molecule has 1 aliphatic rings. The fourth-order valence-corrected chi connectivity index (χ4v) is 2.15. The van der Waals surface area contributed by atoms with Crippen molar-refractivity contribution in [2.24, 2.45) is 0 Å². The molecule has 0 N–H and O–H groups in total. The van der Waals surface area contributed by atoms with E-state index in [-0.39, 0.29) is 10.7 Å². The van der Waals surface area contributed by atoms with Crippen LogP contribution in [0.15, 0.2) is 18.2 Å². The van der Waals surface area contributed by atoms with Gasteiger partial charge in [-0.15, -0.1) is 0 Å². The Morgan fingerprint density at radius 2 is 2.35 bits per heavy atom. The Morgan fingerprint density at radius 1 is 1.59 bits per heavy atom. The van der Waals surface area contributed by atoms with Gasteiger partial charge in [0.2, 0.25) is 5.91 Å². The second-order valence-corrected chi connectivity index (χ2v) is 5.29. The molecule has 0 aliphatic carbocycles. The lowest BCUT2D eigenvalue weighted by molar-refractivity contribution is -0.118. The largest absolute Gasteiger partial charge is 0.490 e. The summed E-state index contributed by atoms with van der Waals surface area (Å²) in [4.78, 5) is 13.9. The van der Waals surface area contributed by atoms with Crippen molar-refractivity contribution in [1.82, 2.24) is 0 Å². The first-order valence-corrected chi connectivity index (χ1v) is 6.74. The second-order valence-electron chi connectivity index (χ2n) is 4.19. The summed E-state index contributed by atoms with van der Waals surface area (Å²) in [6.45, 7) is 5.19. The number of rotatable bonds is 2. The third-order valence-electron chi connectivity index (χ3n) is 2.87. The highest BCUT2D eigenvalue weighted by Gasteiger charge is 2.27. The molecule has 17 heavy (non-hydrogen) atoms. The summed E-state index contributed by atoms with van der Waals surface area (Å²) in [7, 11) is 0. The molecule has 1 atom stereocenters. The lowest BCUT2D eigenvalue weighted by Crippen LogP contribution is -2.41. The summed E-state index contributed by atoms with van der Waals surface area (Å²) in [6.07, 6.45) is 0.789. The molecular formula is C13H16BrNO2. The minimum Gasteiger partial charge on any atom is -0.490 e. The Hall–Kier alpha value is -1.03. The van der Waals surface area contributed by atoms with E-state index in [2.05, 4.69) is 15.9 Å². The van der Waals surface area contributed by atoms with E-state index in [1.54, 1.807) is 0 Å². The summed E-state index contributed by atoms with van der Waals surface area (Å²) in [5.74, 6) is 0.911. The van der Waals surface area contributed by atoms with E-state index in [1.807, 2.05) is 36.9 Å². The maximum atomic E-state index is 12.2. The van der Waals surface area contributed by atoms with Crippen molar-refractivity contribution >= 4 is 27.5 Å². The number of anilines is 1. The van der Waals surface area contributed by atoms with Gasteiger partial charge < -0.3 is 9.64 Å². The Bertz CT molecular complexity index is 433. The predicted molar refractivity (Wildman–Crippen MR) is 72.0 cm³/mol. The fourth-order valence-electron chi connectivity index (χ4n) is 1.90. The molecule has 1 aromatic carbocycles. The molecule has 0 saturated carbocycles. The van der Waals surface area contributed by atoms with Crippen LogP contribution in [0.1, 0.15) is 18.9 Å². The summed E-state index contributed by atoms with van der Waals surface area (Å²) >= 11 is 3.42. The van der Waals surface area contributed by atoms with Crippen LogP contribution in [0.5, 0.6) is 5.75 Å². The molecule has 4 heteroatoms. The highest BCUT2D eigenvalue weighted by molar-refractivity contribution is 9.10. The van der Waals surface area contributed by atoms with Gasteiger partial charge in [0.05, 0.1) is 17.1 Å². The number of hydrogen-bond acceptors (Lipinski definition) is 2. The van der Waals surface area contributed by atoms with Gasteiger partial charge in [-0.05, 0) is 31.0 Å². The molecule has 1 aromatic rings. The lowest BCUT2D eigenvalue weighted by Gasteiger charge is -2.31. The number of benzene rings is 1. The smallest absolute Gasteiger partial charge is 0.240 e. The number of carbonyl (C=O) groups is 1. The molecule has 1 heterocycles. The van der Waals surface area contributed by atoms with Gasteiger partial charge in [-0.2, -0.15) is 0 Å². The third kappa shape index (κ3) is 2.46. The molecule has 0 spiro atoms. The van der Waals surface area contributed by atoms with Gasteiger partial charge in [0.1, 0.15) is 12.4 Å². The first kappa shape index (κ1) is 12.4. The van der Waals surface area contributed by atoms with Crippen LogP contribution < -0.4 is 9.64 Å². The SMILES string of the molecule is CCC(Br)C(=O)N1CCOc2ccc(C)cc21. The highest BCUT2D eigenvalue weighted by Crippen LogP contribution is 2.33. The number of halogens is 1. The summed E-state index contributed by atoms with van der Waals surface area (Å²) in [6, 6.07) is 5.93. The van der Waals surface area contributed by atoms with Gasteiger partial charge >= 0.3 is 0 Å². The van der Waals surface area contributed by atoms with E-state index in [4.69, 9.17) is 4.74 Å². The van der Waals surface area contributed by atoms with Gasteiger partial charge in [0, 0.05) is 0 Å². The maximum Gasteiger partial charge on any atom is 0.240 e. The maximum absolute atomic E-state index is 12.2. The molecule has 3 nitrogen and oxygen atoms in total. The number of fused-ring (bicyclic) bond motifs is 1. The number of nitrogens with zero attached hydrogens (tertiary/aromatic N) is 1. The second kappa shape index (κ2) is 5.08. The molecule has 0 bridgehead atoms. The minimum atomic E-state index is -0.117. The zero-order valence-corrected chi connectivity index (χ0v) is 11.7. The van der Waals surface area contributed by atoms with E-state index < -0.39 is 0 Å². The molecular weight excluding hydrogens is 282 g/mol. The van der Waals surface area contributed by atoms with Crippen LogP contribution in [0.3, 0.4) is 0 Å². The van der Waals surface area contributed by atoms with Crippen molar-refractivity contribution in [1.29, 1.82) is 0 Å². The highest BCUT2D eigenvalue weighted by atomic mass is 79.9. The average molecular weight is 298 g/mol. The van der Waals surface area contributed by atoms with Gasteiger partial charge in [-0.3, -0.25) is 4.79 Å². The summed E-state index contributed by atoms with van der Waals surface area (Å²) in [5, 5.41) is 0. The summed E-state index contributed by atoms with van der Waals surface area (Å²) in [5.41, 5.74) is 2.02. The van der Waals surface area contributed by atoms with E-state index in [0.29, 0.717) is 13.2 Å². The number of alkyl halides is 1. The van der Waals surface area contributed by atoms with Gasteiger partial charge in [-0.25, -0.2) is 0 Å². The topological polar surface area (TPSA) is 29.5 Å². The van der Waals surface area contributed by atoms with E-state index in [9.17, 15) is 4.79 Å². The van der Waals surface area contributed by atoms with Gasteiger partial charge in [0.15, 0.2) is 0 Å². The molecule has 1 aliphatic heterocycles. The van der Waals surface area contributed by atoms with Crippen molar-refractivity contribution in [3.63, 3.8) is 0 Å². The Kier molecular flexibility index (Phi) is 3.72. The Balaban J connectivity index is 2.34. The first-order chi connectivity index (χ1) is 8.13. The molecule has 2 rings (SSSR count). The molecule has 0 aromatic heterocycles. The van der Waals surface area contributed by atoms with E-state index >= 15 is 0 Å². The number of carbonyl (C=O) groups excluding carboxylic acids is 1. The quantitative estimate of drug-likeness (QED) is 0.786. The van der Waals surface area contributed by atoms with E-state index in [1.165, 1.54) is 0 Å². The average Bonchev–Trinajstić information content (AvgIpc) is 2.36. The third-order valence-corrected chi connectivity index (χ3v) is 3.91. The Morgan fingerprint density at radius 3 is 3.06 bits per heavy atom. The van der Waals surface area contributed by atoms with Crippen LogP contribution >= 0.6 is 15.9 Å². The van der Waals surface area contributed by atoms with Crippen molar-refractivity contribution in [2.75, 3.05) is 18.1 Å². The predicted octanol–water partition coefficient (Wildman–Crippen LogP) is 2.89. The Labute approximate surface area is 110 Å². The lowest BCUT2D eigenvalue weighted by atomic mass is 10.1. The zero-order chi connectivity index (χ0) is 12.4. The zero-order valence-electron chi connectivity index (χ0n) is 10.1. The van der Waals surface area contributed by atoms with Gasteiger partial charge in [-0.1, -0.05) is 28.9 Å². The number of hydrogen-bond donors (Lipinski definition) is 0. The van der Waals surface area contributed by atoms with Crippen LogP contribution in [0.4, 0.5) is 5.69 Å². The molecule has 0 fully saturated rings. The fraction of sp³-hybridized carbons (Fsp3) is 0.462. The van der Waals surface area contributed by atoms with Crippen LogP contribution in [0.2, 0.25) is 0 Å². The van der Waals surface area contributed by atoms with Crippen LogP contribution in [0.25, 0.3) is 0 Å². The van der Waals surface area contributed by atoms with E-state index in [0.717, 1.165) is 23.4 Å². The standard InChI is InChI=1S/C13H16BrNO2/c1-3-10(14)13(16)15-6-7-17-12-5-4-9(2)8-11(12)15/h4-5,8,10H,3,6-7H2,1-2H3. The van der Waals surface area contributed by atoms with Crippen molar-refractivity contribution in [3.8, 4) is 5.75 Å². The number of ether oxygens (including phenoxy) is 1.